The first kappa shape index (κ1) is 20.5. The minimum absolute atomic E-state index is 0.348. The van der Waals surface area contributed by atoms with Crippen LogP contribution in [0.15, 0.2) is 60.7 Å². The summed E-state index contributed by atoms with van der Waals surface area (Å²) < 4.78 is 41.8. The number of benzene rings is 3. The highest BCUT2D eigenvalue weighted by molar-refractivity contribution is 7.72. The second-order valence-corrected chi connectivity index (χ2v) is 10.9. The minimum atomic E-state index is -3.08. The maximum atomic E-state index is 14.6. The normalized spacial score (nSPS) is 14.0. The molecule has 3 aromatic carbocycles. The van der Waals surface area contributed by atoms with Gasteiger partial charge in [0.05, 0.1) is 5.16 Å². The fraction of sp³-hybridized carbons (Fsp3) is 0.250. The highest BCUT2D eigenvalue weighted by atomic mass is 31.2. The summed E-state index contributed by atoms with van der Waals surface area (Å²) in [5.74, 6) is -0.697. The van der Waals surface area contributed by atoms with E-state index >= 15 is 0 Å². The summed E-state index contributed by atoms with van der Waals surface area (Å²) in [5.41, 5.74) is 4.54. The van der Waals surface area contributed by atoms with Gasteiger partial charge < -0.3 is 4.57 Å². The van der Waals surface area contributed by atoms with Crippen molar-refractivity contribution in [2.24, 2.45) is 0 Å². The van der Waals surface area contributed by atoms with Gasteiger partial charge in [-0.05, 0) is 80.9 Å². The summed E-state index contributed by atoms with van der Waals surface area (Å²) in [6.07, 6.45) is 0. The van der Waals surface area contributed by atoms with Gasteiger partial charge in [0.15, 0.2) is 0 Å². The Morgan fingerprint density at radius 3 is 1.46 bits per heavy atom. The summed E-state index contributed by atoms with van der Waals surface area (Å²) in [4.78, 5) is 0. The van der Waals surface area contributed by atoms with Crippen molar-refractivity contribution in [3.8, 4) is 0 Å². The number of hydrogen-bond acceptors (Lipinski definition) is 1. The lowest BCUT2D eigenvalue weighted by atomic mass is 9.92. The summed E-state index contributed by atoms with van der Waals surface area (Å²) in [6, 6.07) is 16.3. The molecule has 0 saturated heterocycles. The molecular weight excluding hydrogens is 373 g/mol. The Labute approximate surface area is 165 Å². The summed E-state index contributed by atoms with van der Waals surface area (Å²) in [7, 11) is -3.08. The van der Waals surface area contributed by atoms with Crippen LogP contribution in [-0.2, 0) is 9.72 Å². The molecule has 28 heavy (non-hydrogen) atoms. The minimum Gasteiger partial charge on any atom is -0.318 e. The van der Waals surface area contributed by atoms with Gasteiger partial charge in [0, 0.05) is 5.30 Å². The van der Waals surface area contributed by atoms with Gasteiger partial charge in [0.2, 0.25) is 0 Å². The van der Waals surface area contributed by atoms with Crippen molar-refractivity contribution in [2.75, 3.05) is 6.66 Å². The van der Waals surface area contributed by atoms with Crippen LogP contribution in [0.2, 0.25) is 0 Å². The zero-order valence-corrected chi connectivity index (χ0v) is 17.8. The molecule has 0 aliphatic rings. The van der Waals surface area contributed by atoms with E-state index in [1.54, 1.807) is 30.9 Å². The molecule has 1 unspecified atom stereocenters. The molecule has 4 heteroatoms. The molecule has 1 atom stereocenters. The van der Waals surface area contributed by atoms with Crippen molar-refractivity contribution in [1.29, 1.82) is 0 Å². The average Bonchev–Trinajstić information content (AvgIpc) is 2.61. The first-order chi connectivity index (χ1) is 13.1. The van der Waals surface area contributed by atoms with Crippen molar-refractivity contribution in [3.63, 3.8) is 0 Å². The molecule has 0 radical (unpaired) electrons. The van der Waals surface area contributed by atoms with Crippen molar-refractivity contribution >= 4 is 12.4 Å². The molecule has 0 saturated carbocycles. The molecule has 0 bridgehead atoms. The van der Waals surface area contributed by atoms with Crippen molar-refractivity contribution in [1.82, 2.24) is 0 Å². The number of aryl methyl sites for hydroxylation is 3. The van der Waals surface area contributed by atoms with Crippen molar-refractivity contribution in [2.45, 2.75) is 32.9 Å². The Balaban J connectivity index is 2.35. The van der Waals surface area contributed by atoms with E-state index in [9.17, 15) is 13.3 Å². The number of halogens is 2. The maximum Gasteiger partial charge on any atom is 0.127 e. The fourth-order valence-corrected chi connectivity index (χ4v) is 7.48. The molecular formula is C24H25F2OP. The van der Waals surface area contributed by atoms with Gasteiger partial charge in [0.25, 0.3) is 0 Å². The van der Waals surface area contributed by atoms with E-state index in [1.165, 1.54) is 24.3 Å². The third-order valence-corrected chi connectivity index (χ3v) is 9.51. The molecule has 0 aromatic heterocycles. The van der Waals surface area contributed by atoms with E-state index in [1.807, 2.05) is 39.8 Å². The molecule has 0 heterocycles. The van der Waals surface area contributed by atoms with Crippen LogP contribution in [-0.4, -0.2) is 6.66 Å². The molecule has 1 nitrogen and oxygen atoms in total. The van der Waals surface area contributed by atoms with Crippen LogP contribution < -0.4 is 5.30 Å². The topological polar surface area (TPSA) is 17.1 Å². The SMILES string of the molecule is Cc1cc(C)c(P(C)(=O)C(C)(c2ccc(F)cc2)c2ccc(F)cc2)c(C)c1. The van der Waals surface area contributed by atoms with Gasteiger partial charge in [0.1, 0.15) is 18.8 Å². The van der Waals surface area contributed by atoms with E-state index in [-0.39, 0.29) is 11.6 Å². The van der Waals surface area contributed by atoms with Crippen LogP contribution in [0.5, 0.6) is 0 Å². The smallest absolute Gasteiger partial charge is 0.127 e. The van der Waals surface area contributed by atoms with Gasteiger partial charge in [-0.3, -0.25) is 0 Å². The van der Waals surface area contributed by atoms with Gasteiger partial charge in [-0.25, -0.2) is 8.78 Å². The zero-order valence-electron chi connectivity index (χ0n) is 16.9. The average molecular weight is 398 g/mol. The van der Waals surface area contributed by atoms with Crippen LogP contribution >= 0.6 is 7.14 Å². The van der Waals surface area contributed by atoms with Crippen LogP contribution in [0.3, 0.4) is 0 Å². The van der Waals surface area contributed by atoms with Crippen LogP contribution in [0.25, 0.3) is 0 Å². The Morgan fingerprint density at radius 2 is 1.11 bits per heavy atom. The molecule has 0 amide bonds. The van der Waals surface area contributed by atoms with Crippen LogP contribution in [0.4, 0.5) is 8.78 Å². The second-order valence-electron chi connectivity index (χ2n) is 7.76. The molecule has 3 rings (SSSR count). The first-order valence-electron chi connectivity index (χ1n) is 9.25. The molecule has 0 aliphatic heterocycles. The highest BCUT2D eigenvalue weighted by Crippen LogP contribution is 2.63. The lowest BCUT2D eigenvalue weighted by molar-refractivity contribution is 0.562. The molecule has 0 N–H and O–H groups in total. The van der Waals surface area contributed by atoms with E-state index in [4.69, 9.17) is 0 Å². The van der Waals surface area contributed by atoms with Gasteiger partial charge in [-0.15, -0.1) is 0 Å². The van der Waals surface area contributed by atoms with Crippen molar-refractivity contribution in [3.05, 3.63) is 100 Å². The lowest BCUT2D eigenvalue weighted by Gasteiger charge is -2.39. The van der Waals surface area contributed by atoms with E-state index in [0.717, 1.165) is 33.1 Å². The third kappa shape index (κ3) is 3.33. The summed E-state index contributed by atoms with van der Waals surface area (Å²) in [5, 5.41) is -0.103. The molecule has 3 aromatic rings. The Bertz CT molecular complexity index is 984. The monoisotopic (exact) mass is 398 g/mol. The quantitative estimate of drug-likeness (QED) is 0.460. The standard InChI is InChI=1S/C24H25F2OP/c1-16-14-17(2)23(18(3)15-16)28(5,27)24(4,19-6-10-21(25)11-7-19)20-8-12-22(26)13-9-20/h6-15H,1-5H3. The first-order valence-corrected chi connectivity index (χ1v) is 11.4. The van der Waals surface area contributed by atoms with E-state index in [2.05, 4.69) is 0 Å². The maximum absolute atomic E-state index is 14.6. The van der Waals surface area contributed by atoms with Gasteiger partial charge >= 0.3 is 0 Å². The van der Waals surface area contributed by atoms with E-state index < -0.39 is 12.3 Å². The van der Waals surface area contributed by atoms with Gasteiger partial charge in [-0.1, -0.05) is 42.0 Å². The third-order valence-electron chi connectivity index (χ3n) is 5.73. The summed E-state index contributed by atoms with van der Waals surface area (Å²) in [6.45, 7) is 9.66. The van der Waals surface area contributed by atoms with Crippen LogP contribution in [0, 0.1) is 32.4 Å². The Hall–Kier alpha value is -2.25. The summed E-state index contributed by atoms with van der Waals surface area (Å²) >= 11 is 0. The predicted molar refractivity (Wildman–Crippen MR) is 113 cm³/mol. The largest absolute Gasteiger partial charge is 0.318 e. The molecule has 0 fully saturated rings. The molecule has 146 valence electrons. The lowest BCUT2D eigenvalue weighted by Crippen LogP contribution is -2.31. The Kier molecular flexibility index (Phi) is 5.34. The predicted octanol–water partition coefficient (Wildman–Crippen LogP) is 6.47. The molecule has 0 aliphatic carbocycles. The highest BCUT2D eigenvalue weighted by Gasteiger charge is 2.46. The van der Waals surface area contributed by atoms with Crippen molar-refractivity contribution < 1.29 is 13.3 Å². The Morgan fingerprint density at radius 1 is 0.750 bits per heavy atom. The zero-order chi connectivity index (χ0) is 20.7. The van der Waals surface area contributed by atoms with Gasteiger partial charge in [-0.2, -0.15) is 0 Å². The number of hydrogen-bond donors (Lipinski definition) is 0. The van der Waals surface area contributed by atoms with E-state index in [0.29, 0.717) is 0 Å². The molecule has 0 spiro atoms. The fourth-order valence-electron chi connectivity index (χ4n) is 4.28. The van der Waals surface area contributed by atoms with Crippen LogP contribution in [0.1, 0.15) is 34.7 Å². The number of rotatable bonds is 4. The second kappa shape index (κ2) is 7.29.